The SMILES string of the molecule is O=C(O)c1c(-c2ccccc2)nc2cccc(Br)n12. The molecule has 1 aromatic carbocycles. The first kappa shape index (κ1) is 11.9. The normalized spacial score (nSPS) is 10.8. The lowest BCUT2D eigenvalue weighted by Gasteiger charge is -2.02. The number of hydrogen-bond acceptors (Lipinski definition) is 2. The van der Waals surface area contributed by atoms with Crippen molar-refractivity contribution in [1.82, 2.24) is 9.38 Å². The number of benzene rings is 1. The van der Waals surface area contributed by atoms with E-state index in [1.807, 2.05) is 36.4 Å². The maximum absolute atomic E-state index is 11.5. The van der Waals surface area contributed by atoms with Crippen molar-refractivity contribution in [3.05, 3.63) is 58.8 Å². The van der Waals surface area contributed by atoms with Crippen LogP contribution in [0.2, 0.25) is 0 Å². The van der Waals surface area contributed by atoms with Crippen LogP contribution in [0.4, 0.5) is 0 Å². The van der Waals surface area contributed by atoms with Crippen LogP contribution in [0, 0.1) is 0 Å². The highest BCUT2D eigenvalue weighted by Gasteiger charge is 2.20. The lowest BCUT2D eigenvalue weighted by atomic mass is 10.1. The fraction of sp³-hybridized carbons (Fsp3) is 0. The van der Waals surface area contributed by atoms with E-state index in [2.05, 4.69) is 20.9 Å². The van der Waals surface area contributed by atoms with E-state index in [4.69, 9.17) is 0 Å². The van der Waals surface area contributed by atoms with Crippen LogP contribution >= 0.6 is 15.9 Å². The summed E-state index contributed by atoms with van der Waals surface area (Å²) in [5.74, 6) is -1.00. The molecule has 1 N–H and O–H groups in total. The van der Waals surface area contributed by atoms with Gasteiger partial charge in [0.05, 0.1) is 4.60 Å². The number of carboxylic acid groups (broad SMARTS) is 1. The smallest absolute Gasteiger partial charge is 0.355 e. The molecule has 0 fully saturated rings. The van der Waals surface area contributed by atoms with Crippen molar-refractivity contribution < 1.29 is 9.90 Å². The number of halogens is 1. The molecule has 0 saturated heterocycles. The molecule has 0 aliphatic carbocycles. The Bertz CT molecular complexity index is 766. The van der Waals surface area contributed by atoms with Gasteiger partial charge in [0.15, 0.2) is 5.69 Å². The number of imidazole rings is 1. The summed E-state index contributed by atoms with van der Waals surface area (Å²) in [6.07, 6.45) is 0. The van der Waals surface area contributed by atoms with Crippen molar-refractivity contribution in [3.63, 3.8) is 0 Å². The Morgan fingerprint density at radius 2 is 1.84 bits per heavy atom. The van der Waals surface area contributed by atoms with Crippen LogP contribution in [0.15, 0.2) is 53.1 Å². The number of nitrogens with zero attached hydrogens (tertiary/aromatic N) is 2. The van der Waals surface area contributed by atoms with Gasteiger partial charge in [-0.3, -0.25) is 4.40 Å². The quantitative estimate of drug-likeness (QED) is 0.737. The summed E-state index contributed by atoms with van der Waals surface area (Å²) in [5, 5.41) is 9.46. The summed E-state index contributed by atoms with van der Waals surface area (Å²) in [5.41, 5.74) is 2.02. The molecule has 0 radical (unpaired) electrons. The van der Waals surface area contributed by atoms with E-state index in [1.54, 1.807) is 16.5 Å². The van der Waals surface area contributed by atoms with Crippen LogP contribution < -0.4 is 0 Å². The first-order valence-corrected chi connectivity index (χ1v) is 6.43. The second kappa shape index (κ2) is 4.51. The summed E-state index contributed by atoms with van der Waals surface area (Å²) >= 11 is 3.36. The standard InChI is InChI=1S/C14H9BrN2O2/c15-10-7-4-8-11-16-12(9-5-2-1-3-6-9)13(14(18)19)17(10)11/h1-8H,(H,18,19). The van der Waals surface area contributed by atoms with Crippen LogP contribution in [0.3, 0.4) is 0 Å². The van der Waals surface area contributed by atoms with Gasteiger partial charge < -0.3 is 5.11 Å². The van der Waals surface area contributed by atoms with E-state index < -0.39 is 5.97 Å². The highest BCUT2D eigenvalue weighted by molar-refractivity contribution is 9.10. The average molecular weight is 317 g/mol. The highest BCUT2D eigenvalue weighted by Crippen LogP contribution is 2.27. The molecule has 3 rings (SSSR count). The van der Waals surface area contributed by atoms with Gasteiger partial charge in [-0.25, -0.2) is 9.78 Å². The monoisotopic (exact) mass is 316 g/mol. The van der Waals surface area contributed by atoms with Crippen LogP contribution in [-0.2, 0) is 0 Å². The maximum atomic E-state index is 11.5. The first-order chi connectivity index (χ1) is 9.18. The van der Waals surface area contributed by atoms with E-state index in [9.17, 15) is 9.90 Å². The predicted octanol–water partition coefficient (Wildman–Crippen LogP) is 3.46. The number of pyridine rings is 1. The number of fused-ring (bicyclic) bond motifs is 1. The van der Waals surface area contributed by atoms with Crippen LogP contribution in [0.5, 0.6) is 0 Å². The molecule has 0 amide bonds. The molecule has 2 aromatic heterocycles. The van der Waals surface area contributed by atoms with Gasteiger partial charge in [0, 0.05) is 5.56 Å². The Labute approximate surface area is 117 Å². The third-order valence-corrected chi connectivity index (χ3v) is 3.46. The van der Waals surface area contributed by atoms with Crippen molar-refractivity contribution >= 4 is 27.5 Å². The van der Waals surface area contributed by atoms with Gasteiger partial charge in [-0.15, -0.1) is 0 Å². The highest BCUT2D eigenvalue weighted by atomic mass is 79.9. The Balaban J connectivity index is 2.40. The van der Waals surface area contributed by atoms with Gasteiger partial charge in [-0.2, -0.15) is 0 Å². The summed E-state index contributed by atoms with van der Waals surface area (Å²) in [6.45, 7) is 0. The molecule has 0 aliphatic rings. The molecule has 94 valence electrons. The Kier molecular flexibility index (Phi) is 2.83. The average Bonchev–Trinajstić information content (AvgIpc) is 2.81. The zero-order chi connectivity index (χ0) is 13.4. The van der Waals surface area contributed by atoms with Gasteiger partial charge in [-0.1, -0.05) is 36.4 Å². The minimum Gasteiger partial charge on any atom is -0.476 e. The zero-order valence-electron chi connectivity index (χ0n) is 9.75. The summed E-state index contributed by atoms with van der Waals surface area (Å²) < 4.78 is 2.25. The summed E-state index contributed by atoms with van der Waals surface area (Å²) in [7, 11) is 0. The molecule has 5 heteroatoms. The molecule has 0 aliphatic heterocycles. The molecular formula is C14H9BrN2O2. The van der Waals surface area contributed by atoms with E-state index in [-0.39, 0.29) is 5.69 Å². The molecule has 0 saturated carbocycles. The fourth-order valence-corrected chi connectivity index (χ4v) is 2.56. The predicted molar refractivity (Wildman–Crippen MR) is 75.3 cm³/mol. The van der Waals surface area contributed by atoms with Gasteiger partial charge in [-0.05, 0) is 28.1 Å². The lowest BCUT2D eigenvalue weighted by Crippen LogP contribution is -2.04. The molecule has 0 unspecified atom stereocenters. The Morgan fingerprint density at radius 3 is 2.53 bits per heavy atom. The van der Waals surface area contributed by atoms with Gasteiger partial charge in [0.1, 0.15) is 11.3 Å². The van der Waals surface area contributed by atoms with Crippen LogP contribution in [0.25, 0.3) is 16.9 Å². The number of carboxylic acids is 1. The van der Waals surface area contributed by atoms with E-state index in [1.165, 1.54) is 0 Å². The summed E-state index contributed by atoms with van der Waals surface area (Å²) in [4.78, 5) is 16.0. The van der Waals surface area contributed by atoms with Crippen molar-refractivity contribution in [2.75, 3.05) is 0 Å². The third kappa shape index (κ3) is 1.92. The van der Waals surface area contributed by atoms with Gasteiger partial charge in [0.2, 0.25) is 0 Å². The Morgan fingerprint density at radius 1 is 1.11 bits per heavy atom. The number of aromatic carboxylic acids is 1. The molecule has 3 aromatic rings. The van der Waals surface area contributed by atoms with E-state index in [0.717, 1.165) is 5.56 Å². The largest absolute Gasteiger partial charge is 0.476 e. The second-order valence-electron chi connectivity index (χ2n) is 4.02. The molecule has 4 nitrogen and oxygen atoms in total. The topological polar surface area (TPSA) is 54.6 Å². The van der Waals surface area contributed by atoms with Gasteiger partial charge in [0.25, 0.3) is 0 Å². The number of carbonyl (C=O) groups is 1. The molecular weight excluding hydrogens is 308 g/mol. The second-order valence-corrected chi connectivity index (χ2v) is 4.83. The summed E-state index contributed by atoms with van der Waals surface area (Å²) in [6, 6.07) is 14.7. The third-order valence-electron chi connectivity index (χ3n) is 2.85. The van der Waals surface area contributed by atoms with Crippen molar-refractivity contribution in [2.24, 2.45) is 0 Å². The maximum Gasteiger partial charge on any atom is 0.355 e. The minimum absolute atomic E-state index is 0.161. The molecule has 0 spiro atoms. The lowest BCUT2D eigenvalue weighted by molar-refractivity contribution is 0.0690. The van der Waals surface area contributed by atoms with Crippen molar-refractivity contribution in [3.8, 4) is 11.3 Å². The number of aromatic nitrogens is 2. The van der Waals surface area contributed by atoms with Crippen molar-refractivity contribution in [2.45, 2.75) is 0 Å². The minimum atomic E-state index is -1.00. The van der Waals surface area contributed by atoms with Crippen LogP contribution in [0.1, 0.15) is 10.5 Å². The molecule has 2 heterocycles. The first-order valence-electron chi connectivity index (χ1n) is 5.64. The van der Waals surface area contributed by atoms with E-state index >= 15 is 0 Å². The Hall–Kier alpha value is -2.14. The fourth-order valence-electron chi connectivity index (χ4n) is 2.05. The number of rotatable bonds is 2. The molecule has 19 heavy (non-hydrogen) atoms. The van der Waals surface area contributed by atoms with E-state index in [0.29, 0.717) is 15.9 Å². The molecule has 0 bridgehead atoms. The number of hydrogen-bond donors (Lipinski definition) is 1. The van der Waals surface area contributed by atoms with Gasteiger partial charge >= 0.3 is 5.97 Å². The zero-order valence-corrected chi connectivity index (χ0v) is 11.3. The van der Waals surface area contributed by atoms with Crippen LogP contribution in [-0.4, -0.2) is 20.5 Å². The molecule has 0 atom stereocenters. The van der Waals surface area contributed by atoms with Crippen molar-refractivity contribution in [1.29, 1.82) is 0 Å².